The van der Waals surface area contributed by atoms with Crippen molar-refractivity contribution in [3.63, 3.8) is 0 Å². The predicted molar refractivity (Wildman–Crippen MR) is 96.0 cm³/mol. The number of ether oxygens (including phenoxy) is 1. The zero-order chi connectivity index (χ0) is 16.5. The molecule has 0 spiro atoms. The Hall–Kier alpha value is -1.75. The smallest absolute Gasteiger partial charge is 0.191 e. The number of nitrogens with one attached hydrogen (secondary N) is 2. The highest BCUT2D eigenvalue weighted by Crippen LogP contribution is 2.14. The van der Waals surface area contributed by atoms with Crippen molar-refractivity contribution in [1.82, 2.24) is 15.5 Å². The van der Waals surface area contributed by atoms with E-state index < -0.39 is 0 Å². The fourth-order valence-corrected chi connectivity index (χ4v) is 2.85. The third-order valence-electron chi connectivity index (χ3n) is 4.30. The molecule has 1 aromatic carbocycles. The summed E-state index contributed by atoms with van der Waals surface area (Å²) in [6.07, 6.45) is 1.28. The van der Waals surface area contributed by atoms with Gasteiger partial charge >= 0.3 is 0 Å². The van der Waals surface area contributed by atoms with Crippen LogP contribution in [-0.2, 0) is 6.54 Å². The van der Waals surface area contributed by atoms with Crippen LogP contribution in [0.2, 0.25) is 0 Å². The van der Waals surface area contributed by atoms with Crippen molar-refractivity contribution in [1.29, 1.82) is 0 Å². The first kappa shape index (κ1) is 17.6. The molecule has 1 aliphatic rings. The summed E-state index contributed by atoms with van der Waals surface area (Å²) in [4.78, 5) is 7.19. The van der Waals surface area contributed by atoms with Gasteiger partial charge < -0.3 is 20.3 Å². The maximum Gasteiger partial charge on any atom is 0.191 e. The standard InChI is InChI=1S/C18H30N4O/c1-4-19-18(21-13-16-10-11-22(5-2)14-16)20-12-15-6-8-17(23-3)9-7-15/h6-9,16H,4-5,10-14H2,1-3H3,(H2,19,20,21). The Morgan fingerprint density at radius 1 is 1.26 bits per heavy atom. The molecule has 0 radical (unpaired) electrons. The topological polar surface area (TPSA) is 48.9 Å². The molecule has 0 saturated carbocycles. The lowest BCUT2D eigenvalue weighted by Crippen LogP contribution is -2.40. The number of rotatable bonds is 7. The first-order chi connectivity index (χ1) is 11.2. The minimum atomic E-state index is 0.672. The van der Waals surface area contributed by atoms with Crippen LogP contribution >= 0.6 is 0 Å². The van der Waals surface area contributed by atoms with Crippen LogP contribution in [0.15, 0.2) is 29.3 Å². The second kappa shape index (κ2) is 9.40. The average molecular weight is 318 g/mol. The number of methoxy groups -OCH3 is 1. The number of hydrogen-bond donors (Lipinski definition) is 2. The highest BCUT2D eigenvalue weighted by atomic mass is 16.5. The number of benzene rings is 1. The summed E-state index contributed by atoms with van der Waals surface area (Å²) >= 11 is 0. The molecule has 1 heterocycles. The quantitative estimate of drug-likeness (QED) is 0.597. The first-order valence-electron chi connectivity index (χ1n) is 8.62. The lowest BCUT2D eigenvalue weighted by Gasteiger charge is -2.16. The second-order valence-electron chi connectivity index (χ2n) is 5.97. The van der Waals surface area contributed by atoms with Crippen molar-refractivity contribution >= 4 is 5.96 Å². The number of guanidine groups is 1. The molecular weight excluding hydrogens is 288 g/mol. The lowest BCUT2D eigenvalue weighted by atomic mass is 10.1. The summed E-state index contributed by atoms with van der Waals surface area (Å²) in [5.74, 6) is 2.50. The van der Waals surface area contributed by atoms with E-state index in [1.807, 2.05) is 12.1 Å². The van der Waals surface area contributed by atoms with E-state index in [0.29, 0.717) is 6.54 Å². The molecule has 5 nitrogen and oxygen atoms in total. The monoisotopic (exact) mass is 318 g/mol. The van der Waals surface area contributed by atoms with Crippen molar-refractivity contribution in [2.24, 2.45) is 10.9 Å². The summed E-state index contributed by atoms with van der Waals surface area (Å²) in [5, 5.41) is 6.81. The van der Waals surface area contributed by atoms with E-state index in [4.69, 9.17) is 4.74 Å². The molecule has 0 aliphatic carbocycles. The van der Waals surface area contributed by atoms with Gasteiger partial charge in [-0.3, -0.25) is 0 Å². The molecule has 2 N–H and O–H groups in total. The van der Waals surface area contributed by atoms with Gasteiger partial charge in [-0.2, -0.15) is 0 Å². The molecule has 1 fully saturated rings. The van der Waals surface area contributed by atoms with Gasteiger partial charge in [0, 0.05) is 19.6 Å². The van der Waals surface area contributed by atoms with Crippen LogP contribution in [0.1, 0.15) is 25.8 Å². The third-order valence-corrected chi connectivity index (χ3v) is 4.30. The second-order valence-corrected chi connectivity index (χ2v) is 5.97. The zero-order valence-corrected chi connectivity index (χ0v) is 14.6. The molecule has 23 heavy (non-hydrogen) atoms. The van der Waals surface area contributed by atoms with Gasteiger partial charge in [0.05, 0.1) is 13.7 Å². The Kier molecular flexibility index (Phi) is 7.20. The Morgan fingerprint density at radius 2 is 2.04 bits per heavy atom. The summed E-state index contributed by atoms with van der Waals surface area (Å²) in [6, 6.07) is 8.07. The molecule has 1 unspecified atom stereocenters. The third kappa shape index (κ3) is 5.75. The van der Waals surface area contributed by atoms with Crippen LogP contribution in [0.5, 0.6) is 5.75 Å². The molecule has 0 aromatic heterocycles. The number of nitrogens with zero attached hydrogens (tertiary/aromatic N) is 2. The van der Waals surface area contributed by atoms with E-state index in [-0.39, 0.29) is 0 Å². The average Bonchev–Trinajstić information content (AvgIpc) is 3.06. The van der Waals surface area contributed by atoms with Gasteiger partial charge in [-0.25, -0.2) is 4.99 Å². The van der Waals surface area contributed by atoms with Crippen molar-refractivity contribution in [3.8, 4) is 5.75 Å². The minimum absolute atomic E-state index is 0.672. The van der Waals surface area contributed by atoms with Crippen LogP contribution in [0, 0.1) is 5.92 Å². The molecule has 5 heteroatoms. The van der Waals surface area contributed by atoms with E-state index in [1.165, 1.54) is 25.1 Å². The SMILES string of the molecule is CCNC(=NCc1ccc(OC)cc1)NCC1CCN(CC)C1. The highest BCUT2D eigenvalue weighted by Gasteiger charge is 2.20. The van der Waals surface area contributed by atoms with E-state index in [1.54, 1.807) is 7.11 Å². The van der Waals surface area contributed by atoms with Gasteiger partial charge in [-0.05, 0) is 50.0 Å². The van der Waals surface area contributed by atoms with Crippen LogP contribution in [0.3, 0.4) is 0 Å². The van der Waals surface area contributed by atoms with Gasteiger partial charge in [0.2, 0.25) is 0 Å². The Morgan fingerprint density at radius 3 is 2.65 bits per heavy atom. The van der Waals surface area contributed by atoms with Gasteiger partial charge in [0.1, 0.15) is 5.75 Å². The van der Waals surface area contributed by atoms with Crippen LogP contribution in [-0.4, -0.2) is 50.7 Å². The van der Waals surface area contributed by atoms with Gasteiger partial charge in [-0.15, -0.1) is 0 Å². The molecule has 1 atom stereocenters. The first-order valence-corrected chi connectivity index (χ1v) is 8.62. The zero-order valence-electron chi connectivity index (χ0n) is 14.6. The van der Waals surface area contributed by atoms with Crippen LogP contribution in [0.4, 0.5) is 0 Å². The number of hydrogen-bond acceptors (Lipinski definition) is 3. The molecule has 0 bridgehead atoms. The van der Waals surface area contributed by atoms with Crippen LogP contribution in [0.25, 0.3) is 0 Å². The fourth-order valence-electron chi connectivity index (χ4n) is 2.85. The largest absolute Gasteiger partial charge is 0.497 e. The molecule has 2 rings (SSSR count). The molecule has 128 valence electrons. The van der Waals surface area contributed by atoms with Crippen molar-refractivity contribution < 1.29 is 4.74 Å². The normalized spacial score (nSPS) is 18.9. The van der Waals surface area contributed by atoms with Gasteiger partial charge in [0.25, 0.3) is 0 Å². The van der Waals surface area contributed by atoms with Crippen molar-refractivity contribution in [2.45, 2.75) is 26.8 Å². The maximum atomic E-state index is 5.18. The predicted octanol–water partition coefficient (Wildman–Crippen LogP) is 2.09. The van der Waals surface area contributed by atoms with Crippen LogP contribution < -0.4 is 15.4 Å². The van der Waals surface area contributed by atoms with E-state index >= 15 is 0 Å². The summed E-state index contributed by atoms with van der Waals surface area (Å²) < 4.78 is 5.18. The van der Waals surface area contributed by atoms with E-state index in [2.05, 4.69) is 46.5 Å². The van der Waals surface area contributed by atoms with E-state index in [0.717, 1.165) is 37.3 Å². The molecule has 1 aromatic rings. The molecule has 0 amide bonds. The van der Waals surface area contributed by atoms with Gasteiger partial charge in [0.15, 0.2) is 5.96 Å². The Bertz CT molecular complexity index is 486. The number of aliphatic imine (C=N–C) groups is 1. The molecule has 1 aliphatic heterocycles. The molecule has 1 saturated heterocycles. The minimum Gasteiger partial charge on any atom is -0.497 e. The van der Waals surface area contributed by atoms with Gasteiger partial charge in [-0.1, -0.05) is 19.1 Å². The fraction of sp³-hybridized carbons (Fsp3) is 0.611. The number of likely N-dealkylation sites (tertiary alicyclic amines) is 1. The highest BCUT2D eigenvalue weighted by molar-refractivity contribution is 5.79. The maximum absolute atomic E-state index is 5.18. The van der Waals surface area contributed by atoms with Crippen molar-refractivity contribution in [3.05, 3.63) is 29.8 Å². The summed E-state index contributed by atoms with van der Waals surface area (Å²) in [5.41, 5.74) is 1.18. The summed E-state index contributed by atoms with van der Waals surface area (Å²) in [6.45, 7) is 10.4. The van der Waals surface area contributed by atoms with E-state index in [9.17, 15) is 0 Å². The Balaban J connectivity index is 1.84. The Labute approximate surface area is 140 Å². The molecular formula is C18H30N4O. The summed E-state index contributed by atoms with van der Waals surface area (Å²) in [7, 11) is 1.68. The lowest BCUT2D eigenvalue weighted by molar-refractivity contribution is 0.342. The van der Waals surface area contributed by atoms with Crippen molar-refractivity contribution in [2.75, 3.05) is 39.8 Å².